The van der Waals surface area contributed by atoms with Crippen LogP contribution in [0.3, 0.4) is 0 Å². The van der Waals surface area contributed by atoms with E-state index in [1.54, 1.807) is 0 Å². The SMILES string of the molecule is C=P(C)(C)CC[C@H]1O[C@@H](n2cc(CNCC(C)=O)c(=O)[nH]c2=O)[C@H](O)[C@@H]1O.C=P(C)(C)CC[C@H]1O[C@@H](n2cc(CNCC(C)=O)c(=O)[nH]c2=O)[C@H](OC)[C@@H]1O.C=P(C)(C)CC[C@H]1O[C@@H](n2cc(CNCC(C)=O)c(=O)[nH]c2=S)[C@H](O)[C@@H]1O.C=P(C)(C)CC[C@H]1O[C@@H](n2ccc(=O)n(CCC(C)C(=O)OC(=O)OCC3c4ccccc4-c4ccccc43)c2=O)[C@H](O)[C@@H]1O. The molecular weight excluding hydrogens is 1750 g/mol. The Labute approximate surface area is 740 Å². The number of aromatic nitrogens is 8. The number of fused-ring (bicyclic) bond motifs is 3. The van der Waals surface area contributed by atoms with E-state index in [9.17, 15) is 93.3 Å². The summed E-state index contributed by atoms with van der Waals surface area (Å²) >= 11 is 5.20. The third-order valence-corrected chi connectivity index (χ3v) is 27.9. The van der Waals surface area contributed by atoms with Crippen LogP contribution in [0.5, 0.6) is 0 Å². The Morgan fingerprint density at radius 3 is 1.24 bits per heavy atom. The van der Waals surface area contributed by atoms with E-state index in [1.807, 2.05) is 48.5 Å². The van der Waals surface area contributed by atoms with E-state index in [2.05, 4.69) is 109 Å². The van der Waals surface area contributed by atoms with Crippen molar-refractivity contribution in [3.05, 3.63) is 185 Å². The molecule has 17 atom stereocenters. The summed E-state index contributed by atoms with van der Waals surface area (Å²) in [5.74, 6) is -2.09. The summed E-state index contributed by atoms with van der Waals surface area (Å²) in [5.41, 5.74) is 0.776. The van der Waals surface area contributed by atoms with Gasteiger partial charge in [0.2, 0.25) is 0 Å². The third-order valence-electron chi connectivity index (χ3n) is 21.8. The van der Waals surface area contributed by atoms with Crippen molar-refractivity contribution in [1.82, 2.24) is 53.7 Å². The molecule has 1 aliphatic carbocycles. The van der Waals surface area contributed by atoms with Gasteiger partial charge in [-0.15, -0.1) is 52.7 Å². The molecule has 4 fully saturated rings. The molecule has 8 heterocycles. The summed E-state index contributed by atoms with van der Waals surface area (Å²) < 4.78 is 44.9. The van der Waals surface area contributed by atoms with Gasteiger partial charge in [0.05, 0.1) is 50.0 Å². The predicted molar refractivity (Wildman–Crippen MR) is 496 cm³/mol. The molecule has 1 unspecified atom stereocenters. The minimum atomic E-state index is -1.40. The fourth-order valence-corrected chi connectivity index (χ4v) is 18.8. The lowest BCUT2D eigenvalue weighted by Gasteiger charge is -2.21. The van der Waals surface area contributed by atoms with Gasteiger partial charge in [-0.3, -0.25) is 76.1 Å². The van der Waals surface area contributed by atoms with Crippen molar-refractivity contribution in [2.24, 2.45) is 5.92 Å². The lowest BCUT2D eigenvalue weighted by Crippen LogP contribution is -2.43. The van der Waals surface area contributed by atoms with Gasteiger partial charge < -0.3 is 84.9 Å². The van der Waals surface area contributed by atoms with Crippen LogP contribution in [-0.2, 0) is 78.5 Å². The molecule has 4 aromatic heterocycles. The molecular formula is C85H125N11O26P4S. The quantitative estimate of drug-likeness (QED) is 0.0117. The Morgan fingerprint density at radius 2 is 0.850 bits per heavy atom. The van der Waals surface area contributed by atoms with E-state index in [-0.39, 0.29) is 104 Å². The fourth-order valence-electron chi connectivity index (χ4n) is 14.8. The highest BCUT2D eigenvalue weighted by atomic mass is 32.1. The Morgan fingerprint density at radius 1 is 0.496 bits per heavy atom. The molecule has 42 heteroatoms. The first-order chi connectivity index (χ1) is 59.4. The molecule has 4 saturated heterocycles. The van der Waals surface area contributed by atoms with Gasteiger partial charge in [-0.1, -0.05) is 55.5 Å². The Balaban J connectivity index is 0.000000216. The molecule has 0 saturated carbocycles. The summed E-state index contributed by atoms with van der Waals surface area (Å²) in [6.07, 6.45) is 10.9. The first-order valence-corrected chi connectivity index (χ1v) is 54.1. The number of aliphatic hydroxyl groups excluding tert-OH is 7. The Bertz CT molecular complexity index is 5420. The largest absolute Gasteiger partial charge is 0.516 e. The minimum Gasteiger partial charge on any atom is -0.433 e. The van der Waals surface area contributed by atoms with Gasteiger partial charge in [0.25, 0.3) is 22.2 Å². The monoisotopic (exact) mass is 1870 g/mol. The molecule has 0 radical (unpaired) electrons. The second-order valence-corrected chi connectivity index (χ2v) is 53.1. The normalized spacial score (nSPS) is 24.1. The Hall–Kier alpha value is -7.87. The van der Waals surface area contributed by atoms with E-state index < -0.39 is 177 Å². The van der Waals surface area contributed by atoms with Crippen LogP contribution < -0.4 is 55.3 Å². The molecule has 6 aromatic rings. The lowest BCUT2D eigenvalue weighted by atomic mass is 9.98. The fraction of sp³-hybridized carbons (Fsp3) is 0.565. The number of nitrogens with zero attached hydrogens (tertiary/aromatic N) is 5. The number of nitrogens with one attached hydrogen (secondary N) is 6. The van der Waals surface area contributed by atoms with Crippen molar-refractivity contribution in [2.45, 2.75) is 190 Å². The molecule has 127 heavy (non-hydrogen) atoms. The molecule has 0 spiro atoms. The third kappa shape index (κ3) is 29.3. The summed E-state index contributed by atoms with van der Waals surface area (Å²) in [7, 11) is 1.44. The highest BCUT2D eigenvalue weighted by Crippen LogP contribution is 2.46. The number of ether oxygens (including phenoxy) is 7. The number of esters is 1. The van der Waals surface area contributed by atoms with Crippen molar-refractivity contribution in [2.75, 3.05) is 111 Å². The van der Waals surface area contributed by atoms with E-state index in [0.29, 0.717) is 31.2 Å². The number of ketones is 3. The molecule has 5 aliphatic rings. The number of carbonyl (C=O) groups is 5. The first-order valence-electron chi connectivity index (χ1n) is 41.5. The zero-order valence-corrected chi connectivity index (χ0v) is 78.5. The smallest absolute Gasteiger partial charge is 0.433 e. The number of Topliss-reactive ketones (excluding diaryl/α,β-unsaturated/α-hetero) is 3. The van der Waals surface area contributed by atoms with Crippen LogP contribution in [0, 0.1) is 10.7 Å². The van der Waals surface area contributed by atoms with Crippen LogP contribution in [0.1, 0.15) is 118 Å². The molecule has 2 aromatic carbocycles. The second kappa shape index (κ2) is 45.8. The van der Waals surface area contributed by atoms with Crippen molar-refractivity contribution < 1.29 is 92.9 Å². The maximum absolute atomic E-state index is 13.3. The molecule has 0 bridgehead atoms. The predicted octanol–water partition coefficient (Wildman–Crippen LogP) is 2.07. The average Bonchev–Trinajstić information content (AvgIpc) is 2.09. The van der Waals surface area contributed by atoms with Gasteiger partial charge in [0, 0.05) is 86.8 Å². The van der Waals surface area contributed by atoms with Gasteiger partial charge in [0.15, 0.2) is 29.7 Å². The number of hydrogen-bond acceptors (Lipinski definition) is 30. The summed E-state index contributed by atoms with van der Waals surface area (Å²) in [6.45, 7) is 17.7. The van der Waals surface area contributed by atoms with Crippen LogP contribution in [0.25, 0.3) is 11.1 Å². The number of H-pyrrole nitrogens is 3. The van der Waals surface area contributed by atoms with Crippen molar-refractivity contribution in [3.63, 3.8) is 0 Å². The first kappa shape index (κ1) is 104. The van der Waals surface area contributed by atoms with Crippen LogP contribution in [0.2, 0.25) is 0 Å². The average molecular weight is 1870 g/mol. The summed E-state index contributed by atoms with van der Waals surface area (Å²) in [5, 5.41) is 81.7. The van der Waals surface area contributed by atoms with Crippen LogP contribution in [0.15, 0.2) is 113 Å². The highest BCUT2D eigenvalue weighted by Gasteiger charge is 2.48. The highest BCUT2D eigenvalue weighted by molar-refractivity contribution is 7.73. The molecule has 37 nitrogen and oxygen atoms in total. The topological polar surface area (TPSA) is 519 Å². The number of aromatic amines is 3. The number of rotatable bonds is 35. The van der Waals surface area contributed by atoms with E-state index >= 15 is 0 Å². The van der Waals surface area contributed by atoms with Crippen molar-refractivity contribution in [3.8, 4) is 11.1 Å². The van der Waals surface area contributed by atoms with Gasteiger partial charge in [-0.25, -0.2) is 19.2 Å². The van der Waals surface area contributed by atoms with Crippen LogP contribution in [-0.4, -0.2) is 313 Å². The molecule has 702 valence electrons. The zero-order valence-electron chi connectivity index (χ0n) is 74.1. The van der Waals surface area contributed by atoms with E-state index in [0.717, 1.165) is 66.7 Å². The van der Waals surface area contributed by atoms with Gasteiger partial charge in [-0.2, -0.15) is 0 Å². The second-order valence-electron chi connectivity index (χ2n) is 35.5. The number of carbonyl (C=O) groups excluding carboxylic acids is 5. The van der Waals surface area contributed by atoms with Gasteiger partial charge in [-0.05, 0) is 165 Å². The van der Waals surface area contributed by atoms with Gasteiger partial charge in [0.1, 0.15) is 72.8 Å². The zero-order chi connectivity index (χ0) is 94.2. The van der Waals surface area contributed by atoms with Gasteiger partial charge >= 0.3 is 29.2 Å². The molecule has 0 amide bonds. The molecule has 13 N–H and O–H groups in total. The maximum Gasteiger partial charge on any atom is 0.516 e. The van der Waals surface area contributed by atoms with E-state index in [4.69, 9.17) is 45.4 Å². The number of aliphatic hydroxyl groups is 7. The lowest BCUT2D eigenvalue weighted by molar-refractivity contribution is -0.144. The van der Waals surface area contributed by atoms with Crippen LogP contribution >= 0.6 is 39.8 Å². The Kier molecular flexibility index (Phi) is 37.7. The standard InChI is InChI=1S/C33H39N2O9P.C18H30N3O6P.C17H28N3O6P.C17H28N3O5PS/c1-20(31(39)44-33(41)42-19-25-23-11-7-5-9-21(23)22-10-6-8-12-24(22)25)13-16-34-27(36)14-17-35(32(34)40)30-29(38)28(37)26(43-30)15-18-45(2,3)4;1-11(22)8-19-9-12-10-21(18(25)20-16(12)24)17-15(26-2)14(23)13(27-17)6-7-28(3,4)5;1-10(21)7-18-8-11-9-20(17(25)19-15(11)24)16-14(23)13(22)12(26-16)5-6-27(2,3)4;1-10(21)7-18-8-11-9-20(17(27)19-15(11)24)16-14(23)13(22)12(25-16)5-6-26(2,3)4/h5-12,14,17,20,25-26,28-30,37-38H,2,13,15-16,18-19H2,1,3-4H3;10,13-15,17,19,23H,3,6-9H2,1-2,4-5H3,(H,20,24,25);9,12-14,16,18,22-23H,2,5-8H2,1,3-4H3,(H,19,24,25);9,12-14,16,18,22-23H,2,5-8H2,1,3-4H3,(H,19,24,27)/t20?,26-,28-,29-,30-;13-,14-,15-,17-;2*12-,13-,14-,16-/m1111/s1. The number of methoxy groups -OCH3 is 1. The minimum absolute atomic E-state index is 0.00718. The maximum atomic E-state index is 13.3. The van der Waals surface area contributed by atoms with Crippen molar-refractivity contribution >= 4 is 94.4 Å². The summed E-state index contributed by atoms with van der Waals surface area (Å²) in [4.78, 5) is 152. The van der Waals surface area contributed by atoms with Crippen LogP contribution in [0.4, 0.5) is 4.79 Å². The number of benzene rings is 2. The van der Waals surface area contributed by atoms with Crippen molar-refractivity contribution in [1.29, 1.82) is 0 Å². The molecule has 4 aliphatic heterocycles. The number of hydrogen-bond donors (Lipinski definition) is 13. The molecule has 11 rings (SSSR count). The van der Waals surface area contributed by atoms with E-state index in [1.165, 1.54) is 68.7 Å². The summed E-state index contributed by atoms with van der Waals surface area (Å²) in [6, 6.07) is 16.9.